The predicted molar refractivity (Wildman–Crippen MR) is 93.8 cm³/mol. The van der Waals surface area contributed by atoms with E-state index in [0.29, 0.717) is 13.0 Å². The van der Waals surface area contributed by atoms with Crippen molar-refractivity contribution in [3.63, 3.8) is 0 Å². The van der Waals surface area contributed by atoms with E-state index in [1.54, 1.807) is 12.2 Å². The van der Waals surface area contributed by atoms with Crippen molar-refractivity contribution < 1.29 is 27.5 Å². The maximum atomic E-state index is 14.1. The lowest BCUT2D eigenvalue weighted by molar-refractivity contribution is -0.146. The highest BCUT2D eigenvalue weighted by Gasteiger charge is 2.34. The second-order valence-corrected chi connectivity index (χ2v) is 8.40. The van der Waals surface area contributed by atoms with Gasteiger partial charge in [-0.3, -0.25) is 13.9 Å². The van der Waals surface area contributed by atoms with Crippen molar-refractivity contribution in [2.24, 2.45) is 11.8 Å². The number of rotatable bonds is 4. The van der Waals surface area contributed by atoms with E-state index in [9.17, 15) is 27.5 Å². The second kappa shape index (κ2) is 7.06. The van der Waals surface area contributed by atoms with Gasteiger partial charge < -0.3 is 10.4 Å². The Labute approximate surface area is 150 Å². The molecule has 2 N–H and O–H groups in total. The van der Waals surface area contributed by atoms with Crippen LogP contribution in [0.5, 0.6) is 0 Å². The zero-order valence-corrected chi connectivity index (χ0v) is 14.7. The Balaban J connectivity index is 1.83. The minimum absolute atomic E-state index is 0.0285. The van der Waals surface area contributed by atoms with E-state index in [2.05, 4.69) is 5.32 Å². The number of carboxylic acid groups (broad SMARTS) is 1. The molecule has 140 valence electrons. The van der Waals surface area contributed by atoms with Crippen LogP contribution in [0.15, 0.2) is 30.4 Å². The van der Waals surface area contributed by atoms with E-state index < -0.39 is 39.6 Å². The molecule has 0 aromatic heterocycles. The molecule has 1 amide bonds. The normalized spacial score (nSPS) is 24.4. The first-order chi connectivity index (χ1) is 12.3. The molecule has 1 fully saturated rings. The van der Waals surface area contributed by atoms with Crippen molar-refractivity contribution in [2.45, 2.75) is 19.3 Å². The fourth-order valence-corrected chi connectivity index (χ4v) is 4.85. The Morgan fingerprint density at radius 1 is 1.19 bits per heavy atom. The van der Waals surface area contributed by atoms with Gasteiger partial charge in [0.2, 0.25) is 15.9 Å². The van der Waals surface area contributed by atoms with Crippen molar-refractivity contribution >= 4 is 33.3 Å². The molecule has 0 spiro atoms. The second-order valence-electron chi connectivity index (χ2n) is 6.39. The lowest BCUT2D eigenvalue weighted by Gasteiger charge is -2.24. The van der Waals surface area contributed by atoms with Gasteiger partial charge in [-0.25, -0.2) is 12.8 Å². The lowest BCUT2D eigenvalue weighted by Crippen LogP contribution is -2.35. The first-order valence-corrected chi connectivity index (χ1v) is 9.89. The van der Waals surface area contributed by atoms with Gasteiger partial charge in [-0.1, -0.05) is 12.2 Å². The van der Waals surface area contributed by atoms with Crippen LogP contribution in [0.1, 0.15) is 19.3 Å². The molecule has 1 aliphatic heterocycles. The van der Waals surface area contributed by atoms with Crippen LogP contribution in [-0.4, -0.2) is 37.7 Å². The quantitative estimate of drug-likeness (QED) is 0.775. The molecule has 0 saturated carbocycles. The molecule has 7 nitrogen and oxygen atoms in total. The highest BCUT2D eigenvalue weighted by atomic mass is 32.2. The number of benzene rings is 1. The van der Waals surface area contributed by atoms with Gasteiger partial charge in [0.1, 0.15) is 5.82 Å². The monoisotopic (exact) mass is 382 g/mol. The number of aliphatic carboxylic acids is 1. The Morgan fingerprint density at radius 2 is 1.88 bits per heavy atom. The first-order valence-electron chi connectivity index (χ1n) is 8.28. The van der Waals surface area contributed by atoms with Crippen LogP contribution < -0.4 is 9.62 Å². The molecule has 1 aromatic carbocycles. The topological polar surface area (TPSA) is 104 Å². The summed E-state index contributed by atoms with van der Waals surface area (Å²) < 4.78 is 39.3. The Hall–Kier alpha value is -2.42. The molecule has 1 aromatic rings. The van der Waals surface area contributed by atoms with Gasteiger partial charge in [0.15, 0.2) is 0 Å². The summed E-state index contributed by atoms with van der Waals surface area (Å²) in [6.45, 7) is 0.301. The van der Waals surface area contributed by atoms with Crippen LogP contribution in [-0.2, 0) is 19.6 Å². The number of carbonyl (C=O) groups is 2. The zero-order chi connectivity index (χ0) is 18.9. The third kappa shape index (κ3) is 3.57. The number of hydrogen-bond acceptors (Lipinski definition) is 4. The maximum absolute atomic E-state index is 14.1. The minimum Gasteiger partial charge on any atom is -0.481 e. The van der Waals surface area contributed by atoms with E-state index in [-0.39, 0.29) is 30.0 Å². The number of anilines is 2. The Kier molecular flexibility index (Phi) is 4.99. The maximum Gasteiger partial charge on any atom is 0.307 e. The molecule has 1 heterocycles. The van der Waals surface area contributed by atoms with E-state index >= 15 is 0 Å². The summed E-state index contributed by atoms with van der Waals surface area (Å²) in [5, 5.41) is 11.7. The highest BCUT2D eigenvalue weighted by molar-refractivity contribution is 7.93. The SMILES string of the molecule is O=C(O)[C@H]1CC=CC[C@H]1C(=O)Nc1cc(N2CCCS2(=O)=O)ccc1F. The number of sulfonamides is 1. The third-order valence-corrected chi connectivity index (χ3v) is 6.55. The lowest BCUT2D eigenvalue weighted by atomic mass is 9.82. The van der Waals surface area contributed by atoms with Crippen LogP contribution in [0.3, 0.4) is 0 Å². The first kappa shape index (κ1) is 18.4. The van der Waals surface area contributed by atoms with E-state index in [4.69, 9.17) is 0 Å². The molecule has 2 aliphatic rings. The van der Waals surface area contributed by atoms with E-state index in [1.807, 2.05) is 0 Å². The molecule has 3 rings (SSSR count). The summed E-state index contributed by atoms with van der Waals surface area (Å²) in [6, 6.07) is 3.70. The number of halogens is 1. The van der Waals surface area contributed by atoms with Crippen LogP contribution in [0.2, 0.25) is 0 Å². The number of amides is 1. The standard InChI is InChI=1S/C17H19FN2O5S/c18-14-7-6-11(20-8-3-9-26(20,24)25)10-15(14)19-16(21)12-4-1-2-5-13(12)17(22)23/h1-2,6-7,10,12-13H,3-5,8-9H2,(H,19,21)(H,22,23)/t12-,13+/m1/s1. The van der Waals surface area contributed by atoms with Crippen LogP contribution in [0, 0.1) is 17.7 Å². The van der Waals surface area contributed by atoms with Crippen molar-refractivity contribution in [1.29, 1.82) is 0 Å². The van der Waals surface area contributed by atoms with Crippen molar-refractivity contribution in [3.8, 4) is 0 Å². The van der Waals surface area contributed by atoms with Crippen molar-refractivity contribution in [1.82, 2.24) is 0 Å². The van der Waals surface area contributed by atoms with E-state index in [1.165, 1.54) is 16.4 Å². The summed E-state index contributed by atoms with van der Waals surface area (Å²) in [5.74, 6) is -4.03. The highest BCUT2D eigenvalue weighted by Crippen LogP contribution is 2.31. The molecule has 0 bridgehead atoms. The fraction of sp³-hybridized carbons (Fsp3) is 0.412. The minimum atomic E-state index is -3.43. The summed E-state index contributed by atoms with van der Waals surface area (Å²) >= 11 is 0. The number of nitrogens with one attached hydrogen (secondary N) is 1. The largest absolute Gasteiger partial charge is 0.481 e. The molecule has 0 radical (unpaired) electrons. The number of nitrogens with zero attached hydrogens (tertiary/aromatic N) is 1. The zero-order valence-electron chi connectivity index (χ0n) is 13.9. The summed E-state index contributed by atoms with van der Waals surface area (Å²) in [5.41, 5.74) is 0.116. The molecular weight excluding hydrogens is 363 g/mol. The van der Waals surface area contributed by atoms with Gasteiger partial charge in [-0.2, -0.15) is 0 Å². The molecular formula is C17H19FN2O5S. The molecule has 9 heteroatoms. The van der Waals surface area contributed by atoms with Crippen molar-refractivity contribution in [2.75, 3.05) is 21.9 Å². The molecule has 1 aliphatic carbocycles. The fourth-order valence-electron chi connectivity index (χ4n) is 3.30. The molecule has 2 atom stereocenters. The third-order valence-electron chi connectivity index (χ3n) is 4.68. The summed E-state index contributed by atoms with van der Waals surface area (Å²) in [6.07, 6.45) is 4.41. The van der Waals surface area contributed by atoms with Gasteiger partial charge >= 0.3 is 5.97 Å². The van der Waals surface area contributed by atoms with E-state index in [0.717, 1.165) is 6.07 Å². The van der Waals surface area contributed by atoms with Gasteiger partial charge in [-0.05, 0) is 37.5 Å². The van der Waals surface area contributed by atoms with Gasteiger partial charge in [0.25, 0.3) is 0 Å². The number of carboxylic acids is 1. The van der Waals surface area contributed by atoms with Gasteiger partial charge in [0, 0.05) is 6.54 Å². The average Bonchev–Trinajstić information content (AvgIpc) is 2.96. The number of allylic oxidation sites excluding steroid dienone is 2. The Bertz CT molecular complexity index is 868. The average molecular weight is 382 g/mol. The Morgan fingerprint density at radius 3 is 2.50 bits per heavy atom. The molecule has 26 heavy (non-hydrogen) atoms. The smallest absolute Gasteiger partial charge is 0.307 e. The van der Waals surface area contributed by atoms with Crippen LogP contribution in [0.25, 0.3) is 0 Å². The molecule has 0 unspecified atom stereocenters. The number of hydrogen-bond donors (Lipinski definition) is 2. The van der Waals surface area contributed by atoms with Crippen molar-refractivity contribution in [3.05, 3.63) is 36.2 Å². The van der Waals surface area contributed by atoms with Crippen LogP contribution in [0.4, 0.5) is 15.8 Å². The van der Waals surface area contributed by atoms with Gasteiger partial charge in [-0.15, -0.1) is 0 Å². The van der Waals surface area contributed by atoms with Gasteiger partial charge in [0.05, 0.1) is 29.0 Å². The molecule has 1 saturated heterocycles. The number of carbonyl (C=O) groups excluding carboxylic acids is 1. The predicted octanol–water partition coefficient (Wildman–Crippen LogP) is 1.97. The summed E-state index contributed by atoms with van der Waals surface area (Å²) in [4.78, 5) is 23.8. The van der Waals surface area contributed by atoms with Crippen LogP contribution >= 0.6 is 0 Å². The summed E-state index contributed by atoms with van der Waals surface area (Å²) in [7, 11) is -3.43.